The number of carbonyl (C=O) groups is 4. The maximum Gasteiger partial charge on any atom is 0.358 e. The maximum atomic E-state index is 13.0. The molecule has 0 aliphatic carbocycles. The Labute approximate surface area is 192 Å². The summed E-state index contributed by atoms with van der Waals surface area (Å²) in [5, 5.41) is 12.8. The van der Waals surface area contributed by atoms with Gasteiger partial charge in [0.05, 0.1) is 23.5 Å². The van der Waals surface area contributed by atoms with Gasteiger partial charge in [0.15, 0.2) is 0 Å². The molecule has 1 saturated heterocycles. The third-order valence-corrected chi connectivity index (χ3v) is 5.72. The zero-order valence-electron chi connectivity index (χ0n) is 19.5. The molecule has 2 N–H and O–H groups in total. The Hall–Kier alpha value is -3.20. The van der Waals surface area contributed by atoms with E-state index in [9.17, 15) is 24.3 Å². The smallest absolute Gasteiger partial charge is 0.358 e. The summed E-state index contributed by atoms with van der Waals surface area (Å²) in [6.07, 6.45) is -0.545. The summed E-state index contributed by atoms with van der Waals surface area (Å²) in [7, 11) is 0. The number of benzene rings is 1. The molecular formula is C24H30N2O7. The average Bonchev–Trinajstić information content (AvgIpc) is 3.08. The molecule has 3 rings (SSSR count). The highest BCUT2D eigenvalue weighted by Gasteiger charge is 2.57. The molecule has 33 heavy (non-hydrogen) atoms. The van der Waals surface area contributed by atoms with E-state index in [1.807, 2.05) is 6.92 Å². The summed E-state index contributed by atoms with van der Waals surface area (Å²) in [6, 6.07) is 6.37. The van der Waals surface area contributed by atoms with Crippen molar-refractivity contribution in [2.75, 3.05) is 13.3 Å². The van der Waals surface area contributed by atoms with E-state index in [0.29, 0.717) is 29.7 Å². The van der Waals surface area contributed by atoms with Gasteiger partial charge in [-0.05, 0) is 64.3 Å². The van der Waals surface area contributed by atoms with Gasteiger partial charge in [0, 0.05) is 12.1 Å². The number of β-lactam (4-membered cyclic amide) rings is 1. The van der Waals surface area contributed by atoms with Crippen LogP contribution in [-0.4, -0.2) is 59.2 Å². The van der Waals surface area contributed by atoms with Crippen LogP contribution >= 0.6 is 0 Å². The lowest BCUT2D eigenvalue weighted by Gasteiger charge is -2.44. The average molecular weight is 459 g/mol. The second-order valence-corrected chi connectivity index (χ2v) is 9.24. The molecule has 0 aromatic heterocycles. The van der Waals surface area contributed by atoms with Gasteiger partial charge in [-0.15, -0.1) is 0 Å². The molecule has 9 nitrogen and oxygen atoms in total. The van der Waals surface area contributed by atoms with Crippen LogP contribution in [0.4, 0.5) is 0 Å². The van der Waals surface area contributed by atoms with E-state index in [4.69, 9.17) is 9.47 Å². The molecule has 0 spiro atoms. The van der Waals surface area contributed by atoms with Crippen LogP contribution in [0.2, 0.25) is 0 Å². The molecule has 2 amide bonds. The third kappa shape index (κ3) is 4.78. The minimum absolute atomic E-state index is 0.0433. The Kier molecular flexibility index (Phi) is 6.92. The first-order chi connectivity index (χ1) is 15.5. The first-order valence-electron chi connectivity index (χ1n) is 10.9. The summed E-state index contributed by atoms with van der Waals surface area (Å²) >= 11 is 0. The molecule has 0 radical (unpaired) electrons. The molecule has 1 aromatic rings. The van der Waals surface area contributed by atoms with Crippen LogP contribution in [0.15, 0.2) is 30.0 Å². The predicted molar refractivity (Wildman–Crippen MR) is 118 cm³/mol. The number of hydrogen-bond acceptors (Lipinski definition) is 7. The summed E-state index contributed by atoms with van der Waals surface area (Å²) in [4.78, 5) is 51.3. The molecule has 2 aliphatic heterocycles. The summed E-state index contributed by atoms with van der Waals surface area (Å²) < 4.78 is 10.2. The first-order valence-corrected chi connectivity index (χ1v) is 10.9. The maximum absolute atomic E-state index is 13.0. The minimum atomic E-state index is -0.871. The van der Waals surface area contributed by atoms with E-state index in [1.165, 1.54) is 11.8 Å². The number of aliphatic hydroxyl groups excluding tert-OH is 1. The van der Waals surface area contributed by atoms with E-state index in [0.717, 1.165) is 0 Å². The molecular weight excluding hydrogens is 428 g/mol. The van der Waals surface area contributed by atoms with Crippen molar-refractivity contribution in [3.05, 3.63) is 41.1 Å². The van der Waals surface area contributed by atoms with E-state index >= 15 is 0 Å². The standard InChI is InChI=1S/C24H30N2O7/c1-6-25-20(28)15-9-7-8-14(10-15)16-11-17-18(13(2)27)21(29)26(17)19(16)22(30)32-12-33-23(31)24(3,4)5/h7-10,13,17-18,27H,6,11-12H2,1-5H3,(H,25,28)/t13-,17-,18-/m1/s1. The zero-order valence-corrected chi connectivity index (χ0v) is 19.5. The van der Waals surface area contributed by atoms with Gasteiger partial charge in [-0.2, -0.15) is 0 Å². The summed E-state index contributed by atoms with van der Waals surface area (Å²) in [5.41, 5.74) is 0.842. The van der Waals surface area contributed by atoms with Crippen molar-refractivity contribution in [3.8, 4) is 0 Å². The number of ether oxygens (including phenoxy) is 2. The third-order valence-electron chi connectivity index (χ3n) is 5.72. The quantitative estimate of drug-likeness (QED) is 0.363. The molecule has 0 saturated carbocycles. The number of fused-ring (bicyclic) bond motifs is 1. The van der Waals surface area contributed by atoms with Gasteiger partial charge >= 0.3 is 11.9 Å². The van der Waals surface area contributed by atoms with E-state index < -0.39 is 36.2 Å². The first kappa shape index (κ1) is 24.4. The van der Waals surface area contributed by atoms with Crippen molar-refractivity contribution < 1.29 is 33.8 Å². The van der Waals surface area contributed by atoms with Crippen LogP contribution in [-0.2, 0) is 23.9 Å². The number of amides is 2. The predicted octanol–water partition coefficient (Wildman–Crippen LogP) is 1.85. The van der Waals surface area contributed by atoms with Crippen molar-refractivity contribution in [1.29, 1.82) is 0 Å². The molecule has 2 aliphatic rings. The van der Waals surface area contributed by atoms with E-state index in [2.05, 4.69) is 5.32 Å². The summed E-state index contributed by atoms with van der Waals surface area (Å²) in [6.45, 7) is 8.27. The van der Waals surface area contributed by atoms with Crippen LogP contribution < -0.4 is 5.32 Å². The number of rotatable bonds is 7. The number of carbonyl (C=O) groups excluding carboxylic acids is 4. The van der Waals surface area contributed by atoms with Crippen molar-refractivity contribution in [1.82, 2.24) is 10.2 Å². The zero-order chi connectivity index (χ0) is 24.5. The highest BCUT2D eigenvalue weighted by molar-refractivity contribution is 6.07. The topological polar surface area (TPSA) is 122 Å². The highest BCUT2D eigenvalue weighted by atomic mass is 16.7. The van der Waals surface area contributed by atoms with Crippen LogP contribution in [0.3, 0.4) is 0 Å². The number of aliphatic hydroxyl groups is 1. The lowest BCUT2D eigenvalue weighted by molar-refractivity contribution is -0.175. The Morgan fingerprint density at radius 2 is 1.94 bits per heavy atom. The Morgan fingerprint density at radius 3 is 2.55 bits per heavy atom. The van der Waals surface area contributed by atoms with Crippen LogP contribution in [0, 0.1) is 11.3 Å². The number of hydrogen-bond donors (Lipinski definition) is 2. The molecule has 9 heteroatoms. The van der Waals surface area contributed by atoms with Crippen LogP contribution in [0.25, 0.3) is 5.57 Å². The molecule has 1 fully saturated rings. The minimum Gasteiger partial charge on any atom is -0.427 e. The van der Waals surface area contributed by atoms with E-state index in [1.54, 1.807) is 45.0 Å². The summed E-state index contributed by atoms with van der Waals surface area (Å²) in [5.74, 6) is -2.59. The van der Waals surface area contributed by atoms with Gasteiger partial charge in [-0.1, -0.05) is 12.1 Å². The monoisotopic (exact) mass is 458 g/mol. The fraction of sp³-hybridized carbons (Fsp3) is 0.500. The molecule has 178 valence electrons. The Morgan fingerprint density at radius 1 is 1.24 bits per heavy atom. The number of nitrogens with one attached hydrogen (secondary N) is 1. The second-order valence-electron chi connectivity index (χ2n) is 9.24. The number of nitrogens with zero attached hydrogens (tertiary/aromatic N) is 1. The Bertz CT molecular complexity index is 1010. The fourth-order valence-electron chi connectivity index (χ4n) is 4.05. The van der Waals surface area contributed by atoms with Gasteiger partial charge in [-0.25, -0.2) is 4.79 Å². The Balaban J connectivity index is 1.90. The normalized spacial score (nSPS) is 20.7. The van der Waals surface area contributed by atoms with Gasteiger partial charge in [0.1, 0.15) is 5.70 Å². The van der Waals surface area contributed by atoms with Crippen LogP contribution in [0.5, 0.6) is 0 Å². The largest absolute Gasteiger partial charge is 0.427 e. The molecule has 0 unspecified atom stereocenters. The lowest BCUT2D eigenvalue weighted by Crippen LogP contribution is -2.61. The van der Waals surface area contributed by atoms with Gasteiger partial charge in [-0.3, -0.25) is 14.4 Å². The molecule has 0 bridgehead atoms. The second kappa shape index (κ2) is 9.35. The van der Waals surface area contributed by atoms with Crippen molar-refractivity contribution in [3.63, 3.8) is 0 Å². The molecule has 3 atom stereocenters. The van der Waals surface area contributed by atoms with Gasteiger partial charge < -0.3 is 24.8 Å². The molecule has 1 aromatic carbocycles. The highest BCUT2D eigenvalue weighted by Crippen LogP contribution is 2.47. The molecule has 2 heterocycles. The fourth-order valence-corrected chi connectivity index (χ4v) is 4.05. The SMILES string of the molecule is CCNC(=O)c1cccc(C2=C(C(=O)OCOC(=O)C(C)(C)C)N3C(=O)[C@H]([C@@H](C)O)[C@H]3C2)c1. The lowest BCUT2D eigenvalue weighted by atomic mass is 9.82. The van der Waals surface area contributed by atoms with Gasteiger partial charge in [0.25, 0.3) is 5.91 Å². The van der Waals surface area contributed by atoms with Crippen molar-refractivity contribution >= 4 is 29.3 Å². The van der Waals surface area contributed by atoms with Gasteiger partial charge in [0.2, 0.25) is 12.7 Å². The number of esters is 2. The van der Waals surface area contributed by atoms with Crippen molar-refractivity contribution in [2.45, 2.75) is 53.2 Å². The van der Waals surface area contributed by atoms with Crippen molar-refractivity contribution in [2.24, 2.45) is 11.3 Å². The van der Waals surface area contributed by atoms with E-state index in [-0.39, 0.29) is 23.6 Å². The van der Waals surface area contributed by atoms with Crippen LogP contribution in [0.1, 0.15) is 57.0 Å².